The largest absolute Gasteiger partial charge is 0.493 e. The maximum atomic E-state index is 12.3. The maximum Gasteiger partial charge on any atom is 0.255 e. The highest BCUT2D eigenvalue weighted by Crippen LogP contribution is 2.27. The third-order valence-corrected chi connectivity index (χ3v) is 3.50. The van der Waals surface area contributed by atoms with Crippen LogP contribution in [0.1, 0.15) is 21.5 Å². The molecule has 1 aliphatic heterocycles. The molecule has 3 rings (SSSR count). The van der Waals surface area contributed by atoms with Crippen molar-refractivity contribution in [2.45, 2.75) is 13.3 Å². The molecule has 0 atom stereocenters. The fourth-order valence-corrected chi connectivity index (χ4v) is 2.37. The Morgan fingerprint density at radius 2 is 2.15 bits per heavy atom. The molecule has 1 amide bonds. The minimum Gasteiger partial charge on any atom is -0.493 e. The van der Waals surface area contributed by atoms with Gasteiger partial charge in [0.25, 0.3) is 5.91 Å². The molecule has 0 aromatic heterocycles. The molecule has 0 radical (unpaired) electrons. The molecule has 2 aromatic carbocycles. The third-order valence-electron chi connectivity index (χ3n) is 3.50. The summed E-state index contributed by atoms with van der Waals surface area (Å²) < 4.78 is 5.44. The van der Waals surface area contributed by atoms with Crippen molar-refractivity contribution < 1.29 is 9.53 Å². The SMILES string of the molecule is Cc1cccc(N)c1NC(=O)c1ccc2c(c1)CCO2. The Hall–Kier alpha value is -2.49. The molecule has 102 valence electrons. The maximum absolute atomic E-state index is 12.3. The normalized spacial score (nSPS) is 12.7. The number of carbonyl (C=O) groups excluding carboxylic acids is 1. The van der Waals surface area contributed by atoms with Gasteiger partial charge in [-0.2, -0.15) is 0 Å². The molecule has 20 heavy (non-hydrogen) atoms. The van der Waals surface area contributed by atoms with Gasteiger partial charge >= 0.3 is 0 Å². The molecule has 4 heteroatoms. The van der Waals surface area contributed by atoms with Crippen molar-refractivity contribution in [1.82, 2.24) is 0 Å². The monoisotopic (exact) mass is 268 g/mol. The molecule has 0 saturated carbocycles. The van der Waals surface area contributed by atoms with Gasteiger partial charge in [0.05, 0.1) is 18.0 Å². The van der Waals surface area contributed by atoms with Crippen LogP contribution in [0.2, 0.25) is 0 Å². The van der Waals surface area contributed by atoms with Gasteiger partial charge in [0, 0.05) is 12.0 Å². The van der Waals surface area contributed by atoms with Crippen molar-refractivity contribution in [2.24, 2.45) is 0 Å². The van der Waals surface area contributed by atoms with E-state index in [4.69, 9.17) is 10.5 Å². The molecule has 0 aliphatic carbocycles. The zero-order chi connectivity index (χ0) is 14.1. The van der Waals surface area contributed by atoms with E-state index in [0.29, 0.717) is 23.5 Å². The number of aryl methyl sites for hydroxylation is 1. The van der Waals surface area contributed by atoms with Crippen LogP contribution in [0, 0.1) is 6.92 Å². The van der Waals surface area contributed by atoms with Gasteiger partial charge in [-0.05, 0) is 42.3 Å². The first-order chi connectivity index (χ1) is 9.65. The summed E-state index contributed by atoms with van der Waals surface area (Å²) in [6.45, 7) is 2.60. The van der Waals surface area contributed by atoms with E-state index in [0.717, 1.165) is 23.3 Å². The number of fused-ring (bicyclic) bond motifs is 1. The Kier molecular flexibility index (Phi) is 3.06. The molecule has 0 saturated heterocycles. The first-order valence-electron chi connectivity index (χ1n) is 6.57. The molecule has 4 nitrogen and oxygen atoms in total. The summed E-state index contributed by atoms with van der Waals surface area (Å²) in [5.41, 5.74) is 9.80. The number of amides is 1. The van der Waals surface area contributed by atoms with E-state index < -0.39 is 0 Å². The minimum atomic E-state index is -0.152. The van der Waals surface area contributed by atoms with Crippen LogP contribution in [0.5, 0.6) is 5.75 Å². The number of ether oxygens (including phenoxy) is 1. The quantitative estimate of drug-likeness (QED) is 0.823. The van der Waals surface area contributed by atoms with E-state index in [9.17, 15) is 4.79 Å². The summed E-state index contributed by atoms with van der Waals surface area (Å²) in [4.78, 5) is 12.3. The average molecular weight is 268 g/mol. The highest BCUT2D eigenvalue weighted by atomic mass is 16.5. The molecule has 1 aliphatic rings. The van der Waals surface area contributed by atoms with E-state index in [-0.39, 0.29) is 5.91 Å². The first-order valence-corrected chi connectivity index (χ1v) is 6.57. The third kappa shape index (κ3) is 2.20. The van der Waals surface area contributed by atoms with Gasteiger partial charge in [0.1, 0.15) is 5.75 Å². The Bertz CT molecular complexity index is 660. The second-order valence-corrected chi connectivity index (χ2v) is 4.91. The van der Waals surface area contributed by atoms with Gasteiger partial charge < -0.3 is 15.8 Å². The van der Waals surface area contributed by atoms with Crippen molar-refractivity contribution in [3.63, 3.8) is 0 Å². The smallest absolute Gasteiger partial charge is 0.255 e. The number of anilines is 2. The minimum absolute atomic E-state index is 0.152. The number of hydrogen-bond acceptors (Lipinski definition) is 3. The van der Waals surface area contributed by atoms with Gasteiger partial charge in [-0.25, -0.2) is 0 Å². The summed E-state index contributed by atoms with van der Waals surface area (Å²) in [7, 11) is 0. The Morgan fingerprint density at radius 3 is 2.95 bits per heavy atom. The number of carbonyl (C=O) groups is 1. The van der Waals surface area contributed by atoms with Crippen molar-refractivity contribution in [2.75, 3.05) is 17.7 Å². The lowest BCUT2D eigenvalue weighted by molar-refractivity contribution is 0.102. The highest BCUT2D eigenvalue weighted by Gasteiger charge is 2.16. The Balaban J connectivity index is 1.86. The van der Waals surface area contributed by atoms with Crippen LogP contribution < -0.4 is 15.8 Å². The summed E-state index contributed by atoms with van der Waals surface area (Å²) in [6.07, 6.45) is 0.850. The predicted octanol–water partition coefficient (Wildman–Crippen LogP) is 2.76. The fraction of sp³-hybridized carbons (Fsp3) is 0.188. The molecule has 3 N–H and O–H groups in total. The zero-order valence-electron chi connectivity index (χ0n) is 11.3. The van der Waals surface area contributed by atoms with Crippen LogP contribution in [0.4, 0.5) is 11.4 Å². The molecular formula is C16H16N2O2. The highest BCUT2D eigenvalue weighted by molar-refractivity contribution is 6.06. The van der Waals surface area contributed by atoms with Crippen LogP contribution in [0.25, 0.3) is 0 Å². The fourth-order valence-electron chi connectivity index (χ4n) is 2.37. The van der Waals surface area contributed by atoms with Crippen molar-refractivity contribution >= 4 is 17.3 Å². The molecule has 0 unspecified atom stereocenters. The number of hydrogen-bond donors (Lipinski definition) is 2. The van der Waals surface area contributed by atoms with Gasteiger partial charge in [0.15, 0.2) is 0 Å². The second-order valence-electron chi connectivity index (χ2n) is 4.91. The number of nitrogens with two attached hydrogens (primary N) is 1. The number of rotatable bonds is 2. The lowest BCUT2D eigenvalue weighted by Crippen LogP contribution is -2.14. The van der Waals surface area contributed by atoms with Crippen LogP contribution in [0.3, 0.4) is 0 Å². The average Bonchev–Trinajstić information content (AvgIpc) is 2.90. The van der Waals surface area contributed by atoms with Gasteiger partial charge in [-0.15, -0.1) is 0 Å². The molecule has 0 spiro atoms. The van der Waals surface area contributed by atoms with Crippen LogP contribution in [0.15, 0.2) is 36.4 Å². The van der Waals surface area contributed by atoms with Crippen molar-refractivity contribution in [3.05, 3.63) is 53.1 Å². The van der Waals surface area contributed by atoms with Crippen LogP contribution in [-0.4, -0.2) is 12.5 Å². The van der Waals surface area contributed by atoms with Crippen LogP contribution in [-0.2, 0) is 6.42 Å². The molecule has 0 fully saturated rings. The Morgan fingerprint density at radius 1 is 1.30 bits per heavy atom. The number of nitrogen functional groups attached to an aromatic ring is 1. The molecule has 1 heterocycles. The zero-order valence-corrected chi connectivity index (χ0v) is 11.3. The van der Waals surface area contributed by atoms with Crippen molar-refractivity contribution in [1.29, 1.82) is 0 Å². The first kappa shape index (κ1) is 12.5. The standard InChI is InChI=1S/C16H16N2O2/c1-10-3-2-4-13(17)15(10)18-16(19)12-5-6-14-11(9-12)7-8-20-14/h2-6,9H,7-8,17H2,1H3,(H,18,19). The summed E-state index contributed by atoms with van der Waals surface area (Å²) in [5, 5.41) is 2.88. The predicted molar refractivity (Wildman–Crippen MR) is 79.2 cm³/mol. The topological polar surface area (TPSA) is 64.3 Å². The van der Waals surface area contributed by atoms with E-state index in [2.05, 4.69) is 5.32 Å². The van der Waals surface area contributed by atoms with Gasteiger partial charge in [-0.1, -0.05) is 12.1 Å². The van der Waals surface area contributed by atoms with Gasteiger partial charge in [-0.3, -0.25) is 4.79 Å². The lowest BCUT2D eigenvalue weighted by atomic mass is 10.1. The van der Waals surface area contributed by atoms with E-state index in [1.54, 1.807) is 12.1 Å². The molecular weight excluding hydrogens is 252 g/mol. The number of para-hydroxylation sites is 1. The van der Waals surface area contributed by atoms with Crippen LogP contribution >= 0.6 is 0 Å². The molecule has 0 bridgehead atoms. The summed E-state index contributed by atoms with van der Waals surface area (Å²) >= 11 is 0. The summed E-state index contributed by atoms with van der Waals surface area (Å²) in [6, 6.07) is 11.1. The number of nitrogens with one attached hydrogen (secondary N) is 1. The van der Waals surface area contributed by atoms with Crippen molar-refractivity contribution in [3.8, 4) is 5.75 Å². The van der Waals surface area contributed by atoms with E-state index in [1.807, 2.05) is 31.2 Å². The van der Waals surface area contributed by atoms with E-state index >= 15 is 0 Å². The lowest BCUT2D eigenvalue weighted by Gasteiger charge is -2.11. The van der Waals surface area contributed by atoms with E-state index in [1.165, 1.54) is 0 Å². The molecule has 2 aromatic rings. The van der Waals surface area contributed by atoms with Gasteiger partial charge in [0.2, 0.25) is 0 Å². The Labute approximate surface area is 117 Å². The second kappa shape index (κ2) is 4.89. The summed E-state index contributed by atoms with van der Waals surface area (Å²) in [5.74, 6) is 0.720. The number of benzene rings is 2.